The van der Waals surface area contributed by atoms with Crippen LogP contribution in [-0.4, -0.2) is 14.5 Å². The van der Waals surface area contributed by atoms with Crippen molar-refractivity contribution in [1.82, 2.24) is 14.5 Å². The maximum atomic E-state index is 6.67. The fourth-order valence-corrected chi connectivity index (χ4v) is 8.58. The molecule has 0 aliphatic heterocycles. The van der Waals surface area contributed by atoms with Gasteiger partial charge in [-0.2, -0.15) is 0 Å². The summed E-state index contributed by atoms with van der Waals surface area (Å²) in [6.45, 7) is 4.63. The highest BCUT2D eigenvalue weighted by Gasteiger charge is 2.37. The van der Waals surface area contributed by atoms with Gasteiger partial charge in [0.1, 0.15) is 16.8 Å². The first-order valence-corrected chi connectivity index (χ1v) is 16.8. The van der Waals surface area contributed by atoms with Gasteiger partial charge in [-0.25, -0.2) is 9.97 Å². The molecule has 10 aromatic rings. The Labute approximate surface area is 281 Å². The maximum absolute atomic E-state index is 6.67. The van der Waals surface area contributed by atoms with Gasteiger partial charge >= 0.3 is 0 Å². The van der Waals surface area contributed by atoms with Gasteiger partial charge in [0.05, 0.1) is 11.0 Å². The number of hydrogen-bond donors (Lipinski definition) is 0. The van der Waals surface area contributed by atoms with Crippen molar-refractivity contribution in [2.24, 2.45) is 0 Å². The van der Waals surface area contributed by atoms with Crippen molar-refractivity contribution in [3.8, 4) is 28.3 Å². The monoisotopic (exact) mass is 627 g/mol. The van der Waals surface area contributed by atoms with E-state index >= 15 is 0 Å². The summed E-state index contributed by atoms with van der Waals surface area (Å²) in [6, 6.07) is 49.8. The fraction of sp³-hybridized carbons (Fsp3) is 0.0667. The van der Waals surface area contributed by atoms with Crippen molar-refractivity contribution >= 4 is 65.4 Å². The molecule has 3 aromatic heterocycles. The molecule has 0 N–H and O–H groups in total. The molecule has 0 bridgehead atoms. The quantitative estimate of drug-likeness (QED) is 0.192. The second-order valence-electron chi connectivity index (χ2n) is 13.7. The Balaban J connectivity index is 1.32. The van der Waals surface area contributed by atoms with E-state index in [0.29, 0.717) is 11.5 Å². The van der Waals surface area contributed by atoms with E-state index in [1.54, 1.807) is 0 Å². The van der Waals surface area contributed by atoms with Crippen LogP contribution in [0.15, 0.2) is 144 Å². The van der Waals surface area contributed by atoms with E-state index in [-0.39, 0.29) is 5.41 Å². The van der Waals surface area contributed by atoms with Crippen molar-refractivity contribution < 1.29 is 4.42 Å². The van der Waals surface area contributed by atoms with Gasteiger partial charge in [0.2, 0.25) is 5.95 Å². The van der Waals surface area contributed by atoms with Crippen molar-refractivity contribution in [2.45, 2.75) is 19.3 Å². The van der Waals surface area contributed by atoms with Gasteiger partial charge in [0.15, 0.2) is 5.58 Å². The van der Waals surface area contributed by atoms with Crippen LogP contribution in [0.4, 0.5) is 0 Å². The van der Waals surface area contributed by atoms with E-state index in [4.69, 9.17) is 14.4 Å². The molecule has 49 heavy (non-hydrogen) atoms. The molecule has 4 nitrogen and oxygen atoms in total. The van der Waals surface area contributed by atoms with Crippen LogP contribution in [0.3, 0.4) is 0 Å². The standard InChI is InChI=1S/C45H29N3O/c1-45(2)33-19-9-7-16-30(33)38-32(18-11-20-34(38)45)42-43-41(31-17-8-10-21-37(31)49-43)46-44(47-42)48-35-24-22-26-12-3-5-14-28(26)39(35)40-29-15-6-4-13-27(29)23-25-36(40)48/h3-25H,1-2H3. The number of furan rings is 1. The van der Waals surface area contributed by atoms with Crippen LogP contribution >= 0.6 is 0 Å². The zero-order valence-electron chi connectivity index (χ0n) is 27.0. The second-order valence-corrected chi connectivity index (χ2v) is 13.7. The summed E-state index contributed by atoms with van der Waals surface area (Å²) < 4.78 is 8.93. The maximum Gasteiger partial charge on any atom is 0.236 e. The van der Waals surface area contributed by atoms with Crippen molar-refractivity contribution in [1.29, 1.82) is 0 Å². The van der Waals surface area contributed by atoms with Gasteiger partial charge in [0, 0.05) is 27.1 Å². The molecule has 0 fully saturated rings. The van der Waals surface area contributed by atoms with E-state index in [2.05, 4.69) is 146 Å². The molecule has 0 atom stereocenters. The van der Waals surface area contributed by atoms with Gasteiger partial charge in [0.25, 0.3) is 0 Å². The molecule has 0 unspecified atom stereocenters. The van der Waals surface area contributed by atoms with Crippen molar-refractivity contribution in [3.05, 3.63) is 151 Å². The Morgan fingerprint density at radius 3 is 1.86 bits per heavy atom. The van der Waals surface area contributed by atoms with Crippen molar-refractivity contribution in [2.75, 3.05) is 0 Å². The topological polar surface area (TPSA) is 43.9 Å². The van der Waals surface area contributed by atoms with Gasteiger partial charge < -0.3 is 4.42 Å². The number of hydrogen-bond acceptors (Lipinski definition) is 3. The molecular weight excluding hydrogens is 599 g/mol. The number of para-hydroxylation sites is 1. The number of fused-ring (bicyclic) bond motifs is 13. The van der Waals surface area contributed by atoms with Crippen LogP contribution < -0.4 is 0 Å². The van der Waals surface area contributed by atoms with Gasteiger partial charge in [-0.05, 0) is 68.1 Å². The van der Waals surface area contributed by atoms with E-state index in [1.807, 2.05) is 12.1 Å². The third-order valence-electron chi connectivity index (χ3n) is 10.8. The van der Waals surface area contributed by atoms with Crippen LogP contribution in [0.5, 0.6) is 0 Å². The van der Waals surface area contributed by atoms with Crippen LogP contribution in [0.2, 0.25) is 0 Å². The van der Waals surface area contributed by atoms with E-state index < -0.39 is 0 Å². The van der Waals surface area contributed by atoms with Crippen LogP contribution in [0, 0.1) is 0 Å². The molecular formula is C45H29N3O. The van der Waals surface area contributed by atoms with Crippen LogP contribution in [0.25, 0.3) is 93.8 Å². The first-order valence-electron chi connectivity index (χ1n) is 16.8. The van der Waals surface area contributed by atoms with Crippen LogP contribution in [-0.2, 0) is 5.41 Å². The average Bonchev–Trinajstić information content (AvgIpc) is 3.77. The number of nitrogens with zero attached hydrogens (tertiary/aromatic N) is 3. The second kappa shape index (κ2) is 9.42. The largest absolute Gasteiger partial charge is 0.452 e. The molecule has 230 valence electrons. The van der Waals surface area contributed by atoms with E-state index in [0.717, 1.165) is 38.8 Å². The normalized spacial score (nSPS) is 13.7. The molecule has 11 rings (SSSR count). The first kappa shape index (κ1) is 26.8. The highest BCUT2D eigenvalue weighted by molar-refractivity contribution is 6.28. The molecule has 0 radical (unpaired) electrons. The summed E-state index contributed by atoms with van der Waals surface area (Å²) in [5.74, 6) is 0.628. The lowest BCUT2D eigenvalue weighted by molar-refractivity contribution is 0.660. The molecule has 0 amide bonds. The zero-order chi connectivity index (χ0) is 32.4. The van der Waals surface area contributed by atoms with E-state index in [1.165, 1.54) is 54.6 Å². The average molecular weight is 628 g/mol. The predicted octanol–water partition coefficient (Wildman–Crippen LogP) is 11.8. The molecule has 7 aromatic carbocycles. The molecule has 4 heteroatoms. The summed E-state index contributed by atoms with van der Waals surface area (Å²) in [5, 5.41) is 8.26. The Bertz CT molecular complexity index is 2940. The lowest BCUT2D eigenvalue weighted by atomic mass is 9.82. The van der Waals surface area contributed by atoms with Crippen molar-refractivity contribution in [3.63, 3.8) is 0 Å². The molecule has 1 aliphatic rings. The number of benzene rings is 7. The minimum atomic E-state index is -0.139. The van der Waals surface area contributed by atoms with Gasteiger partial charge in [-0.3, -0.25) is 4.57 Å². The highest BCUT2D eigenvalue weighted by Crippen LogP contribution is 2.53. The molecule has 0 spiro atoms. The highest BCUT2D eigenvalue weighted by atomic mass is 16.3. The van der Waals surface area contributed by atoms with Gasteiger partial charge in [-0.15, -0.1) is 0 Å². The Kier molecular flexibility index (Phi) is 5.15. The summed E-state index contributed by atoms with van der Waals surface area (Å²) >= 11 is 0. The number of aromatic nitrogens is 3. The molecule has 3 heterocycles. The number of rotatable bonds is 2. The zero-order valence-corrected chi connectivity index (χ0v) is 27.0. The smallest absolute Gasteiger partial charge is 0.236 e. The summed E-state index contributed by atoms with van der Waals surface area (Å²) in [7, 11) is 0. The third kappa shape index (κ3) is 3.47. The Morgan fingerprint density at radius 1 is 0.531 bits per heavy atom. The first-order chi connectivity index (χ1) is 24.1. The summed E-state index contributed by atoms with van der Waals surface area (Å²) in [6.07, 6.45) is 0. The van der Waals surface area contributed by atoms with E-state index in [9.17, 15) is 0 Å². The SMILES string of the molecule is CC1(C)c2ccccc2-c2c(-c3nc(-n4c5ccc6ccccc6c5c5c6ccccc6ccc54)nc4c3oc3ccccc34)cccc21. The lowest BCUT2D eigenvalue weighted by Gasteiger charge is -2.21. The Hall–Kier alpha value is -6.26. The molecule has 0 saturated carbocycles. The fourth-order valence-electron chi connectivity index (χ4n) is 8.58. The van der Waals surface area contributed by atoms with Crippen LogP contribution in [0.1, 0.15) is 25.0 Å². The molecule has 0 saturated heterocycles. The minimum Gasteiger partial charge on any atom is -0.452 e. The Morgan fingerprint density at radius 2 is 1.12 bits per heavy atom. The predicted molar refractivity (Wildman–Crippen MR) is 202 cm³/mol. The third-order valence-corrected chi connectivity index (χ3v) is 10.8. The summed E-state index contributed by atoms with van der Waals surface area (Å²) in [5.41, 5.74) is 11.3. The summed E-state index contributed by atoms with van der Waals surface area (Å²) in [4.78, 5) is 10.9. The minimum absolute atomic E-state index is 0.139. The van der Waals surface area contributed by atoms with Gasteiger partial charge in [-0.1, -0.05) is 129 Å². The molecule has 1 aliphatic carbocycles. The lowest BCUT2D eigenvalue weighted by Crippen LogP contribution is -2.14.